The zero-order chi connectivity index (χ0) is 21.3. The molecule has 1 amide bonds. The van der Waals surface area contributed by atoms with Crippen molar-refractivity contribution >= 4 is 11.7 Å². The highest BCUT2D eigenvalue weighted by Crippen LogP contribution is 2.26. The molecule has 156 valence electrons. The fourth-order valence-corrected chi connectivity index (χ4v) is 4.06. The summed E-state index contributed by atoms with van der Waals surface area (Å²) >= 11 is 0. The number of aromatic nitrogens is 2. The molecule has 1 N–H and O–H groups in total. The molecule has 0 spiro atoms. The lowest BCUT2D eigenvalue weighted by Crippen LogP contribution is -2.35. The number of carbonyl (C=O) groups is 1. The molecule has 1 saturated heterocycles. The first-order valence-electron chi connectivity index (χ1n) is 10.3. The van der Waals surface area contributed by atoms with Gasteiger partial charge in [-0.1, -0.05) is 23.8 Å². The number of amides is 1. The zero-order valence-electron chi connectivity index (χ0n) is 18.7. The van der Waals surface area contributed by atoms with E-state index in [-0.39, 0.29) is 11.7 Å². The maximum atomic E-state index is 12.4. The number of nitrogens with one attached hydrogen (secondary N) is 1. The number of hydrogen-bond donors (Lipinski definition) is 1. The summed E-state index contributed by atoms with van der Waals surface area (Å²) in [5.41, 5.74) is 5.88. The van der Waals surface area contributed by atoms with Crippen LogP contribution in [0.3, 0.4) is 0 Å². The van der Waals surface area contributed by atoms with E-state index in [1.165, 1.54) is 21.6 Å². The van der Waals surface area contributed by atoms with Gasteiger partial charge in [-0.15, -0.1) is 0 Å². The lowest BCUT2D eigenvalue weighted by Gasteiger charge is -2.24. The largest absolute Gasteiger partial charge is 0.355 e. The third-order valence-corrected chi connectivity index (χ3v) is 5.83. The molecule has 3 rings (SSSR count). The Morgan fingerprint density at radius 2 is 1.93 bits per heavy atom. The van der Waals surface area contributed by atoms with Crippen molar-refractivity contribution in [3.63, 3.8) is 0 Å². The first-order valence-corrected chi connectivity index (χ1v) is 10.3. The van der Waals surface area contributed by atoms with Gasteiger partial charge >= 0.3 is 0 Å². The Kier molecular flexibility index (Phi) is 6.22. The lowest BCUT2D eigenvalue weighted by atomic mass is 9.99. The molecule has 1 aromatic heterocycles. The van der Waals surface area contributed by atoms with Crippen molar-refractivity contribution in [2.75, 3.05) is 32.1 Å². The van der Waals surface area contributed by atoms with Gasteiger partial charge in [-0.05, 0) is 52.2 Å². The number of aryl methyl sites for hydroxylation is 3. The summed E-state index contributed by atoms with van der Waals surface area (Å²) < 4.78 is 0. The van der Waals surface area contributed by atoms with Gasteiger partial charge in [-0.2, -0.15) is 0 Å². The summed E-state index contributed by atoms with van der Waals surface area (Å²) in [6.45, 7) is 12.3. The van der Waals surface area contributed by atoms with Crippen molar-refractivity contribution in [3.05, 3.63) is 52.0 Å². The molecule has 0 aliphatic carbocycles. The molecule has 1 aromatic carbocycles. The zero-order valence-corrected chi connectivity index (χ0v) is 18.7. The van der Waals surface area contributed by atoms with Crippen LogP contribution in [0.4, 0.5) is 5.82 Å². The van der Waals surface area contributed by atoms with Crippen LogP contribution in [0, 0.1) is 27.7 Å². The van der Waals surface area contributed by atoms with Crippen molar-refractivity contribution in [1.29, 1.82) is 0 Å². The predicted molar refractivity (Wildman–Crippen MR) is 118 cm³/mol. The van der Waals surface area contributed by atoms with Gasteiger partial charge in [0.2, 0.25) is 5.82 Å². The molecule has 6 heteroatoms. The molecule has 6 nitrogen and oxygen atoms in total. The standard InChI is InChI=1S/C23H33N5O/c1-14-8-9-20(15(2)12-14)18(5)24-19-10-11-28(13-19)22-16(3)17(4)25-21(26-22)23(29)27(6)7/h8-9,12,18-19,24H,10-11,13H2,1-7H3/t18?,19-/m1/s1. The fourth-order valence-electron chi connectivity index (χ4n) is 4.06. The Morgan fingerprint density at radius 1 is 1.21 bits per heavy atom. The van der Waals surface area contributed by atoms with Gasteiger partial charge in [0.25, 0.3) is 5.91 Å². The Hall–Kier alpha value is -2.47. The molecule has 29 heavy (non-hydrogen) atoms. The van der Waals surface area contributed by atoms with Gasteiger partial charge in [0, 0.05) is 50.5 Å². The number of nitrogens with zero attached hydrogens (tertiary/aromatic N) is 4. The number of rotatable bonds is 5. The highest BCUT2D eigenvalue weighted by molar-refractivity contribution is 5.90. The summed E-state index contributed by atoms with van der Waals surface area (Å²) in [5, 5.41) is 3.78. The van der Waals surface area contributed by atoms with Gasteiger partial charge in [-0.25, -0.2) is 9.97 Å². The van der Waals surface area contributed by atoms with Gasteiger partial charge in [0.1, 0.15) is 5.82 Å². The average molecular weight is 396 g/mol. The SMILES string of the molecule is Cc1ccc(C(C)N[C@@H]2CCN(c3nc(C(=O)N(C)C)nc(C)c3C)C2)c(C)c1. The summed E-state index contributed by atoms with van der Waals surface area (Å²) in [4.78, 5) is 25.2. The van der Waals surface area contributed by atoms with Crippen molar-refractivity contribution in [2.24, 2.45) is 0 Å². The van der Waals surface area contributed by atoms with Crippen LogP contribution in [-0.4, -0.2) is 54.0 Å². The van der Waals surface area contributed by atoms with Crippen LogP contribution < -0.4 is 10.2 Å². The van der Waals surface area contributed by atoms with Crippen LogP contribution in [0.1, 0.15) is 58.0 Å². The molecular weight excluding hydrogens is 362 g/mol. The lowest BCUT2D eigenvalue weighted by molar-refractivity contribution is 0.0815. The maximum absolute atomic E-state index is 12.4. The fraction of sp³-hybridized carbons (Fsp3) is 0.522. The minimum atomic E-state index is -0.160. The molecule has 2 aromatic rings. The van der Waals surface area contributed by atoms with Crippen LogP contribution in [0.2, 0.25) is 0 Å². The summed E-state index contributed by atoms with van der Waals surface area (Å²) in [7, 11) is 3.45. The molecule has 0 radical (unpaired) electrons. The van der Waals surface area contributed by atoms with Gasteiger partial charge in [0.05, 0.1) is 0 Å². The molecule has 0 saturated carbocycles. The quantitative estimate of drug-likeness (QED) is 0.841. The highest BCUT2D eigenvalue weighted by Gasteiger charge is 2.28. The van der Waals surface area contributed by atoms with E-state index in [1.807, 2.05) is 13.8 Å². The van der Waals surface area contributed by atoms with E-state index in [0.29, 0.717) is 12.1 Å². The normalized spacial score (nSPS) is 17.5. The third kappa shape index (κ3) is 4.58. The smallest absolute Gasteiger partial charge is 0.291 e. The van der Waals surface area contributed by atoms with E-state index in [2.05, 4.69) is 59.2 Å². The van der Waals surface area contributed by atoms with E-state index in [0.717, 1.165) is 36.6 Å². The topological polar surface area (TPSA) is 61.4 Å². The maximum Gasteiger partial charge on any atom is 0.291 e. The molecule has 2 heterocycles. The number of carbonyl (C=O) groups excluding carboxylic acids is 1. The Labute approximate surface area is 174 Å². The Bertz CT molecular complexity index is 908. The first kappa shape index (κ1) is 21.2. The molecule has 1 fully saturated rings. The second-order valence-corrected chi connectivity index (χ2v) is 8.46. The minimum Gasteiger partial charge on any atom is -0.355 e. The summed E-state index contributed by atoms with van der Waals surface area (Å²) in [6.07, 6.45) is 1.05. The van der Waals surface area contributed by atoms with E-state index < -0.39 is 0 Å². The average Bonchev–Trinajstić information content (AvgIpc) is 3.11. The van der Waals surface area contributed by atoms with E-state index in [4.69, 9.17) is 0 Å². The van der Waals surface area contributed by atoms with E-state index in [9.17, 15) is 4.79 Å². The monoisotopic (exact) mass is 395 g/mol. The molecule has 2 atom stereocenters. The van der Waals surface area contributed by atoms with Crippen LogP contribution in [-0.2, 0) is 0 Å². The number of hydrogen-bond acceptors (Lipinski definition) is 5. The summed E-state index contributed by atoms with van der Waals surface area (Å²) in [6, 6.07) is 7.32. The van der Waals surface area contributed by atoms with Crippen LogP contribution in [0.5, 0.6) is 0 Å². The van der Waals surface area contributed by atoms with E-state index in [1.54, 1.807) is 14.1 Å². The minimum absolute atomic E-state index is 0.160. The van der Waals surface area contributed by atoms with E-state index >= 15 is 0 Å². The van der Waals surface area contributed by atoms with Crippen LogP contribution in [0.25, 0.3) is 0 Å². The van der Waals surface area contributed by atoms with Crippen molar-refractivity contribution in [1.82, 2.24) is 20.2 Å². The van der Waals surface area contributed by atoms with Crippen LogP contribution >= 0.6 is 0 Å². The highest BCUT2D eigenvalue weighted by atomic mass is 16.2. The van der Waals surface area contributed by atoms with Crippen LogP contribution in [0.15, 0.2) is 18.2 Å². The number of anilines is 1. The first-order chi connectivity index (χ1) is 13.7. The number of benzene rings is 1. The van der Waals surface area contributed by atoms with Crippen molar-refractivity contribution in [3.8, 4) is 0 Å². The van der Waals surface area contributed by atoms with Gasteiger partial charge in [-0.3, -0.25) is 4.79 Å². The summed E-state index contributed by atoms with van der Waals surface area (Å²) in [5.74, 6) is 0.992. The second kappa shape index (κ2) is 8.49. The Balaban J connectivity index is 1.74. The Morgan fingerprint density at radius 3 is 2.59 bits per heavy atom. The van der Waals surface area contributed by atoms with Crippen molar-refractivity contribution in [2.45, 2.75) is 53.1 Å². The third-order valence-electron chi connectivity index (χ3n) is 5.83. The van der Waals surface area contributed by atoms with Gasteiger partial charge < -0.3 is 15.1 Å². The molecule has 1 unspecified atom stereocenters. The second-order valence-electron chi connectivity index (χ2n) is 8.46. The van der Waals surface area contributed by atoms with Gasteiger partial charge in [0.15, 0.2) is 0 Å². The molecule has 1 aliphatic rings. The predicted octanol–water partition coefficient (Wildman–Crippen LogP) is 3.34. The van der Waals surface area contributed by atoms with Crippen molar-refractivity contribution < 1.29 is 4.79 Å². The molecule has 1 aliphatic heterocycles. The molecular formula is C23H33N5O. The molecule has 0 bridgehead atoms.